The van der Waals surface area contributed by atoms with Crippen molar-refractivity contribution in [2.75, 3.05) is 11.9 Å². The summed E-state index contributed by atoms with van der Waals surface area (Å²) in [5.41, 5.74) is 6.40. The van der Waals surface area contributed by atoms with Crippen LogP contribution in [0.1, 0.15) is 24.0 Å². The van der Waals surface area contributed by atoms with Crippen molar-refractivity contribution in [3.63, 3.8) is 0 Å². The van der Waals surface area contributed by atoms with E-state index in [2.05, 4.69) is 53.1 Å². The van der Waals surface area contributed by atoms with Crippen LogP contribution in [0.5, 0.6) is 0 Å². The average molecular weight is 278 g/mol. The monoisotopic (exact) mass is 278 g/mol. The maximum atomic E-state index is 11.7. The lowest BCUT2D eigenvalue weighted by molar-refractivity contribution is -0.119. The Morgan fingerprint density at radius 2 is 1.86 bits per heavy atom. The lowest BCUT2D eigenvalue weighted by Crippen LogP contribution is -2.31. The Hall–Kier alpha value is -2.29. The molecule has 2 aromatic rings. The Kier molecular flexibility index (Phi) is 2.92. The highest BCUT2D eigenvalue weighted by atomic mass is 16.2. The predicted octanol–water partition coefficient (Wildman–Crippen LogP) is 2.95. The van der Waals surface area contributed by atoms with Gasteiger partial charge < -0.3 is 10.6 Å². The molecule has 2 aliphatic carbocycles. The van der Waals surface area contributed by atoms with E-state index in [-0.39, 0.29) is 5.91 Å². The molecule has 3 nitrogen and oxygen atoms in total. The largest absolute Gasteiger partial charge is 0.376 e. The molecule has 2 N–H and O–H groups in total. The molecular weight excluding hydrogens is 260 g/mol. The van der Waals surface area contributed by atoms with E-state index < -0.39 is 0 Å². The summed E-state index contributed by atoms with van der Waals surface area (Å²) in [7, 11) is 0. The van der Waals surface area contributed by atoms with E-state index in [1.165, 1.54) is 22.3 Å². The first-order valence-corrected chi connectivity index (χ1v) is 7.54. The summed E-state index contributed by atoms with van der Waals surface area (Å²) >= 11 is 0. The molecule has 2 aromatic carbocycles. The number of fused-ring (bicyclic) bond motifs is 3. The molecule has 21 heavy (non-hydrogen) atoms. The lowest BCUT2D eigenvalue weighted by Gasteiger charge is -2.09. The van der Waals surface area contributed by atoms with Crippen LogP contribution < -0.4 is 10.6 Å². The molecule has 0 heterocycles. The molecule has 0 unspecified atom stereocenters. The maximum Gasteiger partial charge on any atom is 0.239 e. The quantitative estimate of drug-likeness (QED) is 0.770. The van der Waals surface area contributed by atoms with Crippen molar-refractivity contribution in [1.29, 1.82) is 0 Å². The standard InChI is InChI=1S/C18H18N2O/c21-18(20-14-5-6-14)11-19-15-7-8-17-13(10-15)9-12-3-1-2-4-16(12)17/h1-4,7-8,10,14,19H,5-6,9,11H2,(H,20,21). The minimum absolute atomic E-state index is 0.0845. The average Bonchev–Trinajstić information content (AvgIpc) is 3.23. The van der Waals surface area contributed by atoms with Gasteiger partial charge in [0.2, 0.25) is 5.91 Å². The second-order valence-electron chi connectivity index (χ2n) is 5.90. The molecule has 1 fully saturated rings. The van der Waals surface area contributed by atoms with E-state index in [0.29, 0.717) is 12.6 Å². The third-order valence-corrected chi connectivity index (χ3v) is 4.19. The molecule has 2 aliphatic rings. The third kappa shape index (κ3) is 2.51. The Bertz CT molecular complexity index is 704. The van der Waals surface area contributed by atoms with Crippen LogP contribution in [0.25, 0.3) is 11.1 Å². The van der Waals surface area contributed by atoms with Gasteiger partial charge in [-0.05, 0) is 53.6 Å². The zero-order valence-corrected chi connectivity index (χ0v) is 11.9. The van der Waals surface area contributed by atoms with Gasteiger partial charge in [0.15, 0.2) is 0 Å². The van der Waals surface area contributed by atoms with Crippen molar-refractivity contribution < 1.29 is 4.79 Å². The molecule has 0 atom stereocenters. The Morgan fingerprint density at radius 3 is 2.71 bits per heavy atom. The van der Waals surface area contributed by atoms with Gasteiger partial charge >= 0.3 is 0 Å². The van der Waals surface area contributed by atoms with Crippen molar-refractivity contribution in [3.8, 4) is 11.1 Å². The van der Waals surface area contributed by atoms with Gasteiger partial charge in [0, 0.05) is 11.7 Å². The normalized spacial score (nSPS) is 15.2. The summed E-state index contributed by atoms with van der Waals surface area (Å²) < 4.78 is 0. The smallest absolute Gasteiger partial charge is 0.239 e. The molecular formula is C18H18N2O. The SMILES string of the molecule is O=C(CNc1ccc2c(c1)Cc1ccccc1-2)NC1CC1. The number of rotatable bonds is 4. The number of carbonyl (C=O) groups excluding carboxylic acids is 1. The predicted molar refractivity (Wildman–Crippen MR) is 84.3 cm³/mol. The van der Waals surface area contributed by atoms with E-state index in [4.69, 9.17) is 0 Å². The number of benzene rings is 2. The number of carbonyl (C=O) groups is 1. The molecule has 1 amide bonds. The van der Waals surface area contributed by atoms with E-state index in [0.717, 1.165) is 24.9 Å². The van der Waals surface area contributed by atoms with Crippen LogP contribution in [0, 0.1) is 0 Å². The fraction of sp³-hybridized carbons (Fsp3) is 0.278. The summed E-state index contributed by atoms with van der Waals surface area (Å²) in [5, 5.41) is 6.21. The molecule has 0 radical (unpaired) electrons. The van der Waals surface area contributed by atoms with E-state index in [1.54, 1.807) is 0 Å². The first-order valence-electron chi connectivity index (χ1n) is 7.54. The van der Waals surface area contributed by atoms with Crippen LogP contribution in [-0.4, -0.2) is 18.5 Å². The number of hydrogen-bond donors (Lipinski definition) is 2. The van der Waals surface area contributed by atoms with Gasteiger partial charge in [0.1, 0.15) is 0 Å². The summed E-state index contributed by atoms with van der Waals surface area (Å²) in [6, 6.07) is 15.3. The van der Waals surface area contributed by atoms with E-state index >= 15 is 0 Å². The van der Waals surface area contributed by atoms with Crippen molar-refractivity contribution in [1.82, 2.24) is 5.32 Å². The summed E-state index contributed by atoms with van der Waals surface area (Å²) in [4.78, 5) is 11.7. The minimum atomic E-state index is 0.0845. The lowest BCUT2D eigenvalue weighted by atomic mass is 10.1. The Balaban J connectivity index is 1.46. The summed E-state index contributed by atoms with van der Waals surface area (Å²) in [5.74, 6) is 0.0845. The van der Waals surface area contributed by atoms with Crippen LogP contribution in [0.2, 0.25) is 0 Å². The van der Waals surface area contributed by atoms with Crippen molar-refractivity contribution in [3.05, 3.63) is 53.6 Å². The van der Waals surface area contributed by atoms with Crippen LogP contribution in [0.3, 0.4) is 0 Å². The van der Waals surface area contributed by atoms with E-state index in [1.807, 2.05) is 0 Å². The van der Waals surface area contributed by atoms with Crippen LogP contribution in [0.4, 0.5) is 5.69 Å². The molecule has 0 bridgehead atoms. The number of anilines is 1. The van der Waals surface area contributed by atoms with Gasteiger partial charge in [-0.15, -0.1) is 0 Å². The van der Waals surface area contributed by atoms with Gasteiger partial charge in [0.25, 0.3) is 0 Å². The van der Waals surface area contributed by atoms with Gasteiger partial charge in [-0.3, -0.25) is 4.79 Å². The van der Waals surface area contributed by atoms with Gasteiger partial charge in [-0.1, -0.05) is 30.3 Å². The first-order chi connectivity index (χ1) is 10.3. The van der Waals surface area contributed by atoms with Crippen molar-refractivity contribution in [2.24, 2.45) is 0 Å². The van der Waals surface area contributed by atoms with Gasteiger partial charge in [-0.2, -0.15) is 0 Å². The zero-order chi connectivity index (χ0) is 14.2. The fourth-order valence-corrected chi connectivity index (χ4v) is 2.94. The fourth-order valence-electron chi connectivity index (χ4n) is 2.94. The summed E-state index contributed by atoms with van der Waals surface area (Å²) in [6.45, 7) is 0.349. The highest BCUT2D eigenvalue weighted by Gasteiger charge is 2.23. The Labute approximate surface area is 124 Å². The molecule has 0 aromatic heterocycles. The molecule has 0 aliphatic heterocycles. The highest BCUT2D eigenvalue weighted by molar-refractivity contribution is 5.82. The van der Waals surface area contributed by atoms with Crippen LogP contribution >= 0.6 is 0 Å². The van der Waals surface area contributed by atoms with Crippen molar-refractivity contribution >= 4 is 11.6 Å². The number of nitrogens with one attached hydrogen (secondary N) is 2. The topological polar surface area (TPSA) is 41.1 Å². The van der Waals surface area contributed by atoms with Gasteiger partial charge in [0.05, 0.1) is 6.54 Å². The molecule has 0 saturated heterocycles. The molecule has 4 rings (SSSR count). The first kappa shape index (κ1) is 12.5. The molecule has 0 spiro atoms. The molecule has 106 valence electrons. The maximum absolute atomic E-state index is 11.7. The van der Waals surface area contributed by atoms with Gasteiger partial charge in [-0.25, -0.2) is 0 Å². The zero-order valence-electron chi connectivity index (χ0n) is 11.9. The van der Waals surface area contributed by atoms with Crippen LogP contribution in [0.15, 0.2) is 42.5 Å². The van der Waals surface area contributed by atoms with Crippen LogP contribution in [-0.2, 0) is 11.2 Å². The minimum Gasteiger partial charge on any atom is -0.376 e. The number of hydrogen-bond acceptors (Lipinski definition) is 2. The highest BCUT2D eigenvalue weighted by Crippen LogP contribution is 2.37. The molecule has 1 saturated carbocycles. The second-order valence-corrected chi connectivity index (χ2v) is 5.90. The van der Waals surface area contributed by atoms with Crippen molar-refractivity contribution in [2.45, 2.75) is 25.3 Å². The third-order valence-electron chi connectivity index (χ3n) is 4.19. The Morgan fingerprint density at radius 1 is 1.05 bits per heavy atom. The number of amides is 1. The summed E-state index contributed by atoms with van der Waals surface area (Å²) in [6.07, 6.45) is 3.24. The van der Waals surface area contributed by atoms with E-state index in [9.17, 15) is 4.79 Å². The second kappa shape index (κ2) is 4.92. The molecule has 3 heteroatoms.